The largest absolute Gasteiger partial charge is 0.379 e. The number of nitrogens with zero attached hydrogens (tertiary/aromatic N) is 2. The van der Waals surface area contributed by atoms with Crippen LogP contribution in [0.2, 0.25) is 5.02 Å². The van der Waals surface area contributed by atoms with Crippen LogP contribution in [-0.4, -0.2) is 48.5 Å². The molecule has 6 nitrogen and oxygen atoms in total. The van der Waals surface area contributed by atoms with E-state index in [4.69, 9.17) is 20.9 Å². The Bertz CT molecular complexity index is 704. The zero-order valence-electron chi connectivity index (χ0n) is 15.2. The SMILES string of the molecule is Cl.Clc1ccc(-c2noc(CCNC3CCCC3C3COCCN3)n2)cc1. The number of hydrogen-bond donors (Lipinski definition) is 2. The Balaban J connectivity index is 0.00000210. The lowest BCUT2D eigenvalue weighted by Crippen LogP contribution is -2.51. The fraction of sp³-hybridized carbons (Fsp3) is 0.579. The minimum atomic E-state index is 0. The summed E-state index contributed by atoms with van der Waals surface area (Å²) in [4.78, 5) is 4.49. The Hall–Kier alpha value is -1.18. The second kappa shape index (κ2) is 9.85. The van der Waals surface area contributed by atoms with Gasteiger partial charge >= 0.3 is 0 Å². The quantitative estimate of drug-likeness (QED) is 0.759. The zero-order valence-corrected chi connectivity index (χ0v) is 16.8. The van der Waals surface area contributed by atoms with Crippen LogP contribution < -0.4 is 10.6 Å². The molecule has 0 radical (unpaired) electrons. The van der Waals surface area contributed by atoms with Crippen LogP contribution >= 0.6 is 24.0 Å². The van der Waals surface area contributed by atoms with Crippen LogP contribution in [-0.2, 0) is 11.2 Å². The molecule has 2 N–H and O–H groups in total. The highest BCUT2D eigenvalue weighted by atomic mass is 35.5. The molecular formula is C19H26Cl2N4O2. The average molecular weight is 413 g/mol. The molecule has 3 atom stereocenters. The van der Waals surface area contributed by atoms with Crippen molar-refractivity contribution in [3.8, 4) is 11.4 Å². The molecule has 27 heavy (non-hydrogen) atoms. The van der Waals surface area contributed by atoms with E-state index in [9.17, 15) is 0 Å². The third-order valence-electron chi connectivity index (χ3n) is 5.35. The van der Waals surface area contributed by atoms with Crippen LogP contribution in [0.1, 0.15) is 25.2 Å². The summed E-state index contributed by atoms with van der Waals surface area (Å²) in [5, 5.41) is 12.1. The van der Waals surface area contributed by atoms with Crippen molar-refractivity contribution in [2.45, 2.75) is 37.8 Å². The third kappa shape index (κ3) is 5.21. The molecule has 1 aromatic heterocycles. The number of ether oxygens (including phenoxy) is 1. The van der Waals surface area contributed by atoms with Crippen molar-refractivity contribution in [2.24, 2.45) is 5.92 Å². The van der Waals surface area contributed by atoms with Crippen LogP contribution in [0.4, 0.5) is 0 Å². The van der Waals surface area contributed by atoms with E-state index in [0.29, 0.717) is 34.7 Å². The smallest absolute Gasteiger partial charge is 0.228 e. The minimum absolute atomic E-state index is 0. The number of morpholine rings is 1. The lowest BCUT2D eigenvalue weighted by Gasteiger charge is -2.33. The topological polar surface area (TPSA) is 72.2 Å². The van der Waals surface area contributed by atoms with Gasteiger partial charge in [-0.1, -0.05) is 23.2 Å². The Kier molecular flexibility index (Phi) is 7.49. The lowest BCUT2D eigenvalue weighted by atomic mass is 9.94. The molecule has 0 amide bonds. The maximum absolute atomic E-state index is 5.92. The lowest BCUT2D eigenvalue weighted by molar-refractivity contribution is 0.0525. The third-order valence-corrected chi connectivity index (χ3v) is 5.60. The zero-order chi connectivity index (χ0) is 17.8. The number of aromatic nitrogens is 2. The summed E-state index contributed by atoms with van der Waals surface area (Å²) in [5.41, 5.74) is 0.914. The van der Waals surface area contributed by atoms with Gasteiger partial charge in [-0.25, -0.2) is 0 Å². The second-order valence-electron chi connectivity index (χ2n) is 7.06. The molecule has 2 aliphatic rings. The predicted molar refractivity (Wildman–Crippen MR) is 107 cm³/mol. The molecule has 1 saturated carbocycles. The molecule has 8 heteroatoms. The van der Waals surface area contributed by atoms with Gasteiger partial charge in [0.15, 0.2) is 0 Å². The van der Waals surface area contributed by atoms with Crippen molar-refractivity contribution >= 4 is 24.0 Å². The highest BCUT2D eigenvalue weighted by Crippen LogP contribution is 2.29. The van der Waals surface area contributed by atoms with Gasteiger partial charge in [-0.15, -0.1) is 12.4 Å². The van der Waals surface area contributed by atoms with Gasteiger partial charge < -0.3 is 19.9 Å². The standard InChI is InChI=1S/C19H25ClN4O2.ClH/c20-14-6-4-13(5-7-14)19-23-18(26-24-19)8-9-21-16-3-1-2-15(16)17-12-25-11-10-22-17;/h4-7,15-17,21-22H,1-3,8-12H2;1H. The highest BCUT2D eigenvalue weighted by molar-refractivity contribution is 6.30. The van der Waals surface area contributed by atoms with Crippen molar-refractivity contribution in [3.63, 3.8) is 0 Å². The Morgan fingerprint density at radius 2 is 2.07 bits per heavy atom. The van der Waals surface area contributed by atoms with Crippen molar-refractivity contribution in [1.29, 1.82) is 0 Å². The van der Waals surface area contributed by atoms with Crippen LogP contribution in [0.25, 0.3) is 11.4 Å². The van der Waals surface area contributed by atoms with E-state index in [1.807, 2.05) is 24.3 Å². The molecule has 0 bridgehead atoms. The first-order valence-corrected chi connectivity index (χ1v) is 9.80. The van der Waals surface area contributed by atoms with Gasteiger partial charge in [0.05, 0.1) is 13.2 Å². The van der Waals surface area contributed by atoms with Crippen molar-refractivity contribution in [1.82, 2.24) is 20.8 Å². The Morgan fingerprint density at radius 3 is 2.85 bits per heavy atom. The predicted octanol–water partition coefficient (Wildman–Crippen LogP) is 3.10. The van der Waals surface area contributed by atoms with Gasteiger partial charge in [0.25, 0.3) is 0 Å². The summed E-state index contributed by atoms with van der Waals surface area (Å²) in [5.74, 6) is 1.91. The first-order chi connectivity index (χ1) is 12.8. The highest BCUT2D eigenvalue weighted by Gasteiger charge is 2.34. The fourth-order valence-electron chi connectivity index (χ4n) is 4.02. The summed E-state index contributed by atoms with van der Waals surface area (Å²) < 4.78 is 11.0. The summed E-state index contributed by atoms with van der Waals surface area (Å²) in [7, 11) is 0. The van der Waals surface area contributed by atoms with E-state index in [-0.39, 0.29) is 12.4 Å². The molecule has 1 aromatic carbocycles. The van der Waals surface area contributed by atoms with Crippen LogP contribution in [0.3, 0.4) is 0 Å². The van der Waals surface area contributed by atoms with E-state index in [0.717, 1.165) is 38.3 Å². The number of rotatable bonds is 6. The van der Waals surface area contributed by atoms with Crippen LogP contribution in [0, 0.1) is 5.92 Å². The molecular weight excluding hydrogens is 387 g/mol. The van der Waals surface area contributed by atoms with Crippen molar-refractivity contribution in [3.05, 3.63) is 35.2 Å². The van der Waals surface area contributed by atoms with E-state index in [2.05, 4.69) is 20.8 Å². The molecule has 4 rings (SSSR count). The average Bonchev–Trinajstić information content (AvgIpc) is 3.33. The van der Waals surface area contributed by atoms with Crippen LogP contribution in [0.5, 0.6) is 0 Å². The van der Waals surface area contributed by atoms with E-state index < -0.39 is 0 Å². The van der Waals surface area contributed by atoms with Crippen LogP contribution in [0.15, 0.2) is 28.8 Å². The summed E-state index contributed by atoms with van der Waals surface area (Å²) >= 11 is 5.92. The normalized spacial score (nSPS) is 25.3. The fourth-order valence-corrected chi connectivity index (χ4v) is 4.15. The summed E-state index contributed by atoms with van der Waals surface area (Å²) in [6.07, 6.45) is 4.50. The van der Waals surface area contributed by atoms with Crippen molar-refractivity contribution < 1.29 is 9.26 Å². The van der Waals surface area contributed by atoms with Gasteiger partial charge in [0.2, 0.25) is 11.7 Å². The first-order valence-electron chi connectivity index (χ1n) is 9.42. The molecule has 1 aliphatic heterocycles. The van der Waals surface area contributed by atoms with Crippen molar-refractivity contribution in [2.75, 3.05) is 26.3 Å². The number of halogens is 2. The molecule has 2 aromatic rings. The van der Waals surface area contributed by atoms with E-state index in [1.54, 1.807) is 0 Å². The Labute approximate surface area is 170 Å². The van der Waals surface area contributed by atoms with Gasteiger partial charge in [-0.3, -0.25) is 0 Å². The summed E-state index contributed by atoms with van der Waals surface area (Å²) in [6.45, 7) is 3.46. The summed E-state index contributed by atoms with van der Waals surface area (Å²) in [6, 6.07) is 8.47. The molecule has 1 saturated heterocycles. The number of benzene rings is 1. The van der Waals surface area contributed by atoms with Gasteiger partial charge in [0.1, 0.15) is 0 Å². The molecule has 148 valence electrons. The molecule has 2 fully saturated rings. The first kappa shape index (κ1) is 20.6. The van der Waals surface area contributed by atoms with Gasteiger partial charge in [-0.05, 0) is 43.0 Å². The second-order valence-corrected chi connectivity index (χ2v) is 7.50. The minimum Gasteiger partial charge on any atom is -0.379 e. The van der Waals surface area contributed by atoms with E-state index >= 15 is 0 Å². The van der Waals surface area contributed by atoms with E-state index in [1.165, 1.54) is 19.3 Å². The molecule has 1 aliphatic carbocycles. The molecule has 2 heterocycles. The molecule has 3 unspecified atom stereocenters. The van der Waals surface area contributed by atoms with Gasteiger partial charge in [0, 0.05) is 42.2 Å². The maximum atomic E-state index is 5.92. The monoisotopic (exact) mass is 412 g/mol. The maximum Gasteiger partial charge on any atom is 0.228 e. The van der Waals surface area contributed by atoms with Gasteiger partial charge in [-0.2, -0.15) is 4.98 Å². The molecule has 0 spiro atoms. The number of nitrogens with one attached hydrogen (secondary N) is 2. The Morgan fingerprint density at radius 1 is 1.22 bits per heavy atom. The number of hydrogen-bond acceptors (Lipinski definition) is 6.